The standard InChI is InChI=1S/C5H8O2.Na.H2O.H/c1-4(2)5(6)7-3;;;/h1H2,2-3H3;;1H2;/q;+1;;-1. The van der Waals surface area contributed by atoms with E-state index >= 15 is 0 Å². The van der Waals surface area contributed by atoms with Gasteiger partial charge in [0.2, 0.25) is 0 Å². The first-order chi connectivity index (χ1) is 3.18. The van der Waals surface area contributed by atoms with E-state index in [0.29, 0.717) is 5.57 Å². The fourth-order valence-electron chi connectivity index (χ4n) is 0.174. The van der Waals surface area contributed by atoms with Gasteiger partial charge >= 0.3 is 35.5 Å². The van der Waals surface area contributed by atoms with Crippen molar-refractivity contribution in [2.45, 2.75) is 6.92 Å². The van der Waals surface area contributed by atoms with Crippen molar-refractivity contribution in [1.29, 1.82) is 0 Å². The molecular formula is C5H11NaO3. The molecule has 0 bridgehead atoms. The van der Waals surface area contributed by atoms with Gasteiger partial charge in [0.05, 0.1) is 7.11 Å². The normalized spacial score (nSPS) is 6.00. The molecule has 0 heterocycles. The fourth-order valence-corrected chi connectivity index (χ4v) is 0.174. The van der Waals surface area contributed by atoms with Gasteiger partial charge in [-0.3, -0.25) is 0 Å². The summed E-state index contributed by atoms with van der Waals surface area (Å²) in [6, 6.07) is 0. The maximum Gasteiger partial charge on any atom is 1.00 e. The second-order valence-corrected chi connectivity index (χ2v) is 1.27. The molecule has 0 saturated carbocycles. The summed E-state index contributed by atoms with van der Waals surface area (Å²) in [4.78, 5) is 10.2. The van der Waals surface area contributed by atoms with Crippen molar-refractivity contribution in [1.82, 2.24) is 0 Å². The summed E-state index contributed by atoms with van der Waals surface area (Å²) in [5, 5.41) is 0. The zero-order valence-electron chi connectivity index (χ0n) is 7.02. The van der Waals surface area contributed by atoms with Crippen LogP contribution in [0.1, 0.15) is 8.35 Å². The molecule has 9 heavy (non-hydrogen) atoms. The Kier molecular flexibility index (Phi) is 14.6. The molecule has 2 N–H and O–H groups in total. The average Bonchev–Trinajstić information content (AvgIpc) is 1.65. The number of hydrogen-bond donors (Lipinski definition) is 0. The Balaban J connectivity index is -0.0000000600. The Morgan fingerprint density at radius 3 is 2.00 bits per heavy atom. The van der Waals surface area contributed by atoms with Gasteiger partial charge in [0.1, 0.15) is 0 Å². The molecule has 0 aromatic carbocycles. The Bertz CT molecular complexity index is 105. The molecule has 0 saturated heterocycles. The minimum absolute atomic E-state index is 0. The molecule has 0 aromatic rings. The van der Waals surface area contributed by atoms with Gasteiger partial charge < -0.3 is 11.6 Å². The van der Waals surface area contributed by atoms with E-state index in [9.17, 15) is 4.79 Å². The predicted octanol–water partition coefficient (Wildman–Crippen LogP) is -2.97. The third kappa shape index (κ3) is 8.17. The van der Waals surface area contributed by atoms with Gasteiger partial charge in [0.25, 0.3) is 0 Å². The van der Waals surface area contributed by atoms with E-state index in [0.717, 1.165) is 0 Å². The Hall–Kier alpha value is 0.170. The largest absolute Gasteiger partial charge is 1.00 e. The third-order valence-electron chi connectivity index (χ3n) is 0.534. The zero-order valence-corrected chi connectivity index (χ0v) is 8.02. The number of esters is 1. The summed E-state index contributed by atoms with van der Waals surface area (Å²) in [7, 11) is 1.33. The molecular weight excluding hydrogens is 131 g/mol. The van der Waals surface area contributed by atoms with Crippen molar-refractivity contribution < 1.29 is 46.0 Å². The minimum Gasteiger partial charge on any atom is -1.00 e. The average molecular weight is 142 g/mol. The molecule has 0 spiro atoms. The first-order valence-corrected chi connectivity index (χ1v) is 1.92. The van der Waals surface area contributed by atoms with Gasteiger partial charge in [-0.25, -0.2) is 4.79 Å². The van der Waals surface area contributed by atoms with Gasteiger partial charge in [0.15, 0.2) is 0 Å². The van der Waals surface area contributed by atoms with Crippen LogP contribution in [0.5, 0.6) is 0 Å². The van der Waals surface area contributed by atoms with Crippen LogP contribution in [0.4, 0.5) is 0 Å². The van der Waals surface area contributed by atoms with E-state index in [1.54, 1.807) is 6.92 Å². The smallest absolute Gasteiger partial charge is 1.00 e. The van der Waals surface area contributed by atoms with Crippen LogP contribution in [0.15, 0.2) is 12.2 Å². The molecule has 0 fully saturated rings. The van der Waals surface area contributed by atoms with Gasteiger partial charge in [-0.1, -0.05) is 6.58 Å². The topological polar surface area (TPSA) is 57.8 Å². The number of methoxy groups -OCH3 is 1. The quantitative estimate of drug-likeness (QED) is 0.223. The Morgan fingerprint density at radius 1 is 1.67 bits per heavy atom. The summed E-state index contributed by atoms with van der Waals surface area (Å²) in [6.07, 6.45) is 0. The van der Waals surface area contributed by atoms with Gasteiger partial charge in [-0.15, -0.1) is 0 Å². The first kappa shape index (κ1) is 16.1. The second kappa shape index (κ2) is 8.17. The van der Waals surface area contributed by atoms with E-state index in [1.165, 1.54) is 7.11 Å². The second-order valence-electron chi connectivity index (χ2n) is 1.27. The predicted molar refractivity (Wildman–Crippen MR) is 31.6 cm³/mol. The summed E-state index contributed by atoms with van der Waals surface area (Å²) >= 11 is 0. The summed E-state index contributed by atoms with van der Waals surface area (Å²) in [6.45, 7) is 4.95. The number of ether oxygens (including phenoxy) is 1. The minimum atomic E-state index is -0.347. The van der Waals surface area contributed by atoms with Crippen molar-refractivity contribution in [2.24, 2.45) is 0 Å². The van der Waals surface area contributed by atoms with Crippen molar-refractivity contribution in [3.05, 3.63) is 12.2 Å². The Labute approximate surface area is 78.2 Å². The van der Waals surface area contributed by atoms with Gasteiger partial charge in [-0.2, -0.15) is 0 Å². The Morgan fingerprint density at radius 2 is 2.00 bits per heavy atom. The molecule has 0 radical (unpaired) electrons. The third-order valence-corrected chi connectivity index (χ3v) is 0.534. The molecule has 50 valence electrons. The fraction of sp³-hybridized carbons (Fsp3) is 0.400. The van der Waals surface area contributed by atoms with Crippen LogP contribution in [0.3, 0.4) is 0 Å². The summed E-state index contributed by atoms with van der Waals surface area (Å²) < 4.78 is 4.27. The van der Waals surface area contributed by atoms with Crippen LogP contribution in [0.25, 0.3) is 0 Å². The molecule has 0 aliphatic heterocycles. The number of hydrogen-bond acceptors (Lipinski definition) is 2. The first-order valence-electron chi connectivity index (χ1n) is 1.92. The number of rotatable bonds is 1. The van der Waals surface area contributed by atoms with E-state index < -0.39 is 0 Å². The van der Waals surface area contributed by atoms with Crippen LogP contribution in [-0.4, -0.2) is 18.6 Å². The SMILES string of the molecule is C=C(C)C(=O)OC.O.[H-].[Na+]. The van der Waals surface area contributed by atoms with Crippen LogP contribution in [0, 0.1) is 0 Å². The van der Waals surface area contributed by atoms with E-state index in [4.69, 9.17) is 0 Å². The number of carbonyl (C=O) groups is 1. The summed E-state index contributed by atoms with van der Waals surface area (Å²) in [5.74, 6) is -0.347. The van der Waals surface area contributed by atoms with Crippen LogP contribution in [0.2, 0.25) is 0 Å². The maximum absolute atomic E-state index is 10.2. The number of carbonyl (C=O) groups excluding carboxylic acids is 1. The van der Waals surface area contributed by atoms with Crippen molar-refractivity contribution >= 4 is 5.97 Å². The molecule has 0 aliphatic carbocycles. The van der Waals surface area contributed by atoms with Crippen molar-refractivity contribution in [3.63, 3.8) is 0 Å². The molecule has 0 amide bonds. The molecule has 0 rings (SSSR count). The van der Waals surface area contributed by atoms with Crippen molar-refractivity contribution in [3.8, 4) is 0 Å². The van der Waals surface area contributed by atoms with Gasteiger partial charge in [0, 0.05) is 5.57 Å². The monoisotopic (exact) mass is 142 g/mol. The maximum atomic E-state index is 10.2. The van der Waals surface area contributed by atoms with Crippen LogP contribution < -0.4 is 29.6 Å². The summed E-state index contributed by atoms with van der Waals surface area (Å²) in [5.41, 5.74) is 0.433. The van der Waals surface area contributed by atoms with Crippen molar-refractivity contribution in [2.75, 3.05) is 7.11 Å². The molecule has 3 nitrogen and oxygen atoms in total. The molecule has 0 unspecified atom stereocenters. The zero-order chi connectivity index (χ0) is 5.86. The van der Waals surface area contributed by atoms with E-state index in [1.807, 2.05) is 0 Å². The molecule has 0 aliphatic rings. The van der Waals surface area contributed by atoms with E-state index in [2.05, 4.69) is 11.3 Å². The van der Waals surface area contributed by atoms with Crippen LogP contribution in [-0.2, 0) is 9.53 Å². The van der Waals surface area contributed by atoms with Gasteiger partial charge in [-0.05, 0) is 6.92 Å². The van der Waals surface area contributed by atoms with Crippen LogP contribution >= 0.6 is 0 Å². The molecule has 0 aromatic heterocycles. The van der Waals surface area contributed by atoms with E-state index in [-0.39, 0.29) is 42.4 Å². The molecule has 0 atom stereocenters. The molecule has 4 heteroatoms.